The van der Waals surface area contributed by atoms with Crippen LogP contribution < -0.4 is 0 Å². The van der Waals surface area contributed by atoms with Crippen molar-refractivity contribution in [1.82, 2.24) is 0 Å². The standard InChI is InChI=1S/C18H25BrF2/c1-3-4-5-13-6-8-14(9-7-13)18(19)15-10-12(2)16(20)11-17(15)21/h10-11,13-14,18H,3-9H2,1-2H3. The number of alkyl halides is 1. The maximum absolute atomic E-state index is 14.0. The summed E-state index contributed by atoms with van der Waals surface area (Å²) in [5, 5.41) is 0. The first-order chi connectivity index (χ1) is 10.0. The normalized spacial score (nSPS) is 24.0. The van der Waals surface area contributed by atoms with E-state index in [0.29, 0.717) is 17.0 Å². The third kappa shape index (κ3) is 4.28. The monoisotopic (exact) mass is 358 g/mol. The van der Waals surface area contributed by atoms with E-state index in [1.54, 1.807) is 13.0 Å². The molecule has 0 amide bonds. The molecule has 1 fully saturated rings. The lowest BCUT2D eigenvalue weighted by Crippen LogP contribution is -2.18. The molecule has 2 rings (SSSR count). The van der Waals surface area contributed by atoms with Gasteiger partial charge in [-0.3, -0.25) is 0 Å². The minimum Gasteiger partial charge on any atom is -0.207 e. The Hall–Kier alpha value is -0.440. The number of hydrogen-bond acceptors (Lipinski definition) is 0. The minimum atomic E-state index is -0.459. The highest BCUT2D eigenvalue weighted by molar-refractivity contribution is 9.09. The first-order valence-electron chi connectivity index (χ1n) is 8.12. The summed E-state index contributed by atoms with van der Waals surface area (Å²) in [6.45, 7) is 3.93. The molecule has 0 radical (unpaired) electrons. The molecule has 1 atom stereocenters. The first kappa shape index (κ1) is 16.9. The molecule has 1 aliphatic rings. The van der Waals surface area contributed by atoms with E-state index in [2.05, 4.69) is 22.9 Å². The molecule has 1 aromatic carbocycles. The minimum absolute atomic E-state index is 0.00363. The Kier molecular flexibility index (Phi) is 6.21. The van der Waals surface area contributed by atoms with Gasteiger partial charge in [-0.1, -0.05) is 55.0 Å². The van der Waals surface area contributed by atoms with Crippen LogP contribution in [0.4, 0.5) is 8.78 Å². The Labute approximate surface area is 135 Å². The molecule has 3 heteroatoms. The molecular formula is C18H25BrF2. The Morgan fingerprint density at radius 3 is 2.43 bits per heavy atom. The summed E-state index contributed by atoms with van der Waals surface area (Å²) < 4.78 is 27.4. The van der Waals surface area contributed by atoms with E-state index in [1.807, 2.05) is 0 Å². The average molecular weight is 359 g/mol. The third-order valence-corrected chi connectivity index (χ3v) is 6.09. The number of unbranched alkanes of at least 4 members (excludes halogenated alkanes) is 1. The van der Waals surface area contributed by atoms with Crippen LogP contribution in [0.25, 0.3) is 0 Å². The van der Waals surface area contributed by atoms with Gasteiger partial charge in [0.25, 0.3) is 0 Å². The van der Waals surface area contributed by atoms with Crippen LogP contribution in [0.15, 0.2) is 12.1 Å². The maximum Gasteiger partial charge on any atom is 0.130 e. The third-order valence-electron chi connectivity index (χ3n) is 4.85. The van der Waals surface area contributed by atoms with Crippen LogP contribution in [0.2, 0.25) is 0 Å². The summed E-state index contributed by atoms with van der Waals surface area (Å²) in [5.74, 6) is 0.426. The van der Waals surface area contributed by atoms with Crippen molar-refractivity contribution < 1.29 is 8.78 Å². The van der Waals surface area contributed by atoms with Crippen LogP contribution in [-0.4, -0.2) is 0 Å². The highest BCUT2D eigenvalue weighted by atomic mass is 79.9. The fourth-order valence-corrected chi connectivity index (χ4v) is 4.29. The average Bonchev–Trinajstić information content (AvgIpc) is 2.48. The Bertz CT molecular complexity index is 465. The number of rotatable bonds is 5. The van der Waals surface area contributed by atoms with Gasteiger partial charge in [-0.25, -0.2) is 8.78 Å². The van der Waals surface area contributed by atoms with Crippen molar-refractivity contribution in [2.45, 2.75) is 63.6 Å². The Balaban J connectivity index is 1.99. The van der Waals surface area contributed by atoms with Gasteiger partial charge in [0.1, 0.15) is 11.6 Å². The highest BCUT2D eigenvalue weighted by Gasteiger charge is 2.28. The van der Waals surface area contributed by atoms with E-state index in [0.717, 1.165) is 24.8 Å². The van der Waals surface area contributed by atoms with Crippen molar-refractivity contribution in [3.63, 3.8) is 0 Å². The van der Waals surface area contributed by atoms with E-state index in [4.69, 9.17) is 0 Å². The van der Waals surface area contributed by atoms with E-state index >= 15 is 0 Å². The summed E-state index contributed by atoms with van der Waals surface area (Å²) in [5.41, 5.74) is 1.14. The predicted octanol–water partition coefficient (Wildman–Crippen LogP) is 6.71. The predicted molar refractivity (Wildman–Crippen MR) is 87.7 cm³/mol. The summed E-state index contributed by atoms with van der Waals surface area (Å²) in [6, 6.07) is 2.68. The fraction of sp³-hybridized carbons (Fsp3) is 0.667. The lowest BCUT2D eigenvalue weighted by Gasteiger charge is -2.32. The summed E-state index contributed by atoms with van der Waals surface area (Å²) in [7, 11) is 0. The zero-order valence-corrected chi connectivity index (χ0v) is 14.6. The van der Waals surface area contributed by atoms with Crippen molar-refractivity contribution >= 4 is 15.9 Å². The van der Waals surface area contributed by atoms with Crippen molar-refractivity contribution in [2.24, 2.45) is 11.8 Å². The number of hydrogen-bond donors (Lipinski definition) is 0. The van der Waals surface area contributed by atoms with Gasteiger partial charge in [-0.05, 0) is 43.2 Å². The van der Waals surface area contributed by atoms with Crippen LogP contribution in [0, 0.1) is 30.4 Å². The van der Waals surface area contributed by atoms with E-state index in [1.165, 1.54) is 32.1 Å². The van der Waals surface area contributed by atoms with E-state index in [9.17, 15) is 8.78 Å². The molecule has 0 N–H and O–H groups in total. The fourth-order valence-electron chi connectivity index (χ4n) is 3.41. The van der Waals surface area contributed by atoms with Crippen molar-refractivity contribution in [3.05, 3.63) is 34.9 Å². The molecule has 0 aliphatic heterocycles. The second kappa shape index (κ2) is 7.71. The molecule has 0 aromatic heterocycles. The molecule has 0 spiro atoms. The van der Waals surface area contributed by atoms with E-state index in [-0.39, 0.29) is 4.83 Å². The zero-order valence-electron chi connectivity index (χ0n) is 13.0. The largest absolute Gasteiger partial charge is 0.207 e. The zero-order chi connectivity index (χ0) is 15.4. The molecular weight excluding hydrogens is 334 g/mol. The molecule has 118 valence electrons. The van der Waals surface area contributed by atoms with Gasteiger partial charge in [0.05, 0.1) is 0 Å². The van der Waals surface area contributed by atoms with Gasteiger partial charge >= 0.3 is 0 Å². The van der Waals surface area contributed by atoms with Gasteiger partial charge < -0.3 is 0 Å². The summed E-state index contributed by atoms with van der Waals surface area (Å²) in [4.78, 5) is 0.00363. The summed E-state index contributed by atoms with van der Waals surface area (Å²) >= 11 is 3.67. The SMILES string of the molecule is CCCCC1CCC(C(Br)c2cc(C)c(F)cc2F)CC1. The number of benzene rings is 1. The smallest absolute Gasteiger partial charge is 0.130 e. The molecule has 21 heavy (non-hydrogen) atoms. The molecule has 0 bridgehead atoms. The maximum atomic E-state index is 14.0. The topological polar surface area (TPSA) is 0 Å². The van der Waals surface area contributed by atoms with Crippen LogP contribution in [0.1, 0.15) is 67.8 Å². The molecule has 1 saturated carbocycles. The van der Waals surface area contributed by atoms with Crippen LogP contribution in [0.5, 0.6) is 0 Å². The number of halogens is 3. The Morgan fingerprint density at radius 2 is 1.81 bits per heavy atom. The second-order valence-electron chi connectivity index (χ2n) is 6.45. The number of aryl methyl sites for hydroxylation is 1. The molecule has 0 nitrogen and oxygen atoms in total. The van der Waals surface area contributed by atoms with Crippen LogP contribution >= 0.6 is 15.9 Å². The molecule has 1 aromatic rings. The lowest BCUT2D eigenvalue weighted by atomic mass is 9.77. The van der Waals surface area contributed by atoms with Gasteiger partial charge in [-0.15, -0.1) is 0 Å². The van der Waals surface area contributed by atoms with Crippen molar-refractivity contribution in [3.8, 4) is 0 Å². The Morgan fingerprint density at radius 1 is 1.14 bits per heavy atom. The quantitative estimate of drug-likeness (QED) is 0.513. The molecule has 0 heterocycles. The van der Waals surface area contributed by atoms with Gasteiger partial charge in [0.15, 0.2) is 0 Å². The molecule has 1 unspecified atom stereocenters. The van der Waals surface area contributed by atoms with Crippen molar-refractivity contribution in [1.29, 1.82) is 0 Å². The van der Waals surface area contributed by atoms with Gasteiger partial charge in [0, 0.05) is 16.5 Å². The van der Waals surface area contributed by atoms with Gasteiger partial charge in [-0.2, -0.15) is 0 Å². The first-order valence-corrected chi connectivity index (χ1v) is 9.04. The lowest BCUT2D eigenvalue weighted by molar-refractivity contribution is 0.256. The van der Waals surface area contributed by atoms with Gasteiger partial charge in [0.2, 0.25) is 0 Å². The van der Waals surface area contributed by atoms with Crippen LogP contribution in [0.3, 0.4) is 0 Å². The van der Waals surface area contributed by atoms with Crippen LogP contribution in [-0.2, 0) is 0 Å². The second-order valence-corrected chi connectivity index (χ2v) is 7.43. The molecule has 1 aliphatic carbocycles. The summed E-state index contributed by atoms with van der Waals surface area (Å²) in [6.07, 6.45) is 8.68. The van der Waals surface area contributed by atoms with E-state index < -0.39 is 11.6 Å². The highest BCUT2D eigenvalue weighted by Crippen LogP contribution is 2.43. The van der Waals surface area contributed by atoms with Crippen molar-refractivity contribution in [2.75, 3.05) is 0 Å². The molecule has 0 saturated heterocycles.